The molecule has 0 bridgehead atoms. The summed E-state index contributed by atoms with van der Waals surface area (Å²) in [6.45, 7) is 2.96. The number of benzene rings is 1. The molecule has 18 heavy (non-hydrogen) atoms. The van der Waals surface area contributed by atoms with E-state index in [9.17, 15) is 4.79 Å². The van der Waals surface area contributed by atoms with Crippen molar-refractivity contribution < 1.29 is 4.79 Å². The largest absolute Gasteiger partial charge is 0.338 e. The number of likely N-dealkylation sites (tertiary alicyclic amines) is 1. The number of hydrogen-bond acceptors (Lipinski definition) is 2. The van der Waals surface area contributed by atoms with Crippen LogP contribution in [0.1, 0.15) is 29.6 Å². The minimum Gasteiger partial charge on any atom is -0.338 e. The van der Waals surface area contributed by atoms with E-state index >= 15 is 0 Å². The SMILES string of the molecule is O=C(c1ccccc1)N1CC[C@H]2NCCC[C@H]2C1. The molecule has 0 unspecified atom stereocenters. The van der Waals surface area contributed by atoms with Gasteiger partial charge in [0.1, 0.15) is 0 Å². The topological polar surface area (TPSA) is 32.3 Å². The molecule has 0 aliphatic carbocycles. The lowest BCUT2D eigenvalue weighted by Gasteiger charge is -2.41. The van der Waals surface area contributed by atoms with Crippen LogP contribution in [-0.2, 0) is 0 Å². The van der Waals surface area contributed by atoms with Crippen LogP contribution in [0.15, 0.2) is 30.3 Å². The molecule has 1 amide bonds. The van der Waals surface area contributed by atoms with E-state index < -0.39 is 0 Å². The summed E-state index contributed by atoms with van der Waals surface area (Å²) in [6.07, 6.45) is 3.61. The zero-order chi connectivity index (χ0) is 12.4. The number of amides is 1. The number of hydrogen-bond donors (Lipinski definition) is 1. The third-order valence-electron chi connectivity index (χ3n) is 4.20. The predicted octanol–water partition coefficient (Wildman–Crippen LogP) is 1.90. The smallest absolute Gasteiger partial charge is 0.253 e. The van der Waals surface area contributed by atoms with Crippen LogP contribution >= 0.6 is 0 Å². The second kappa shape index (κ2) is 5.11. The highest BCUT2D eigenvalue weighted by Gasteiger charge is 2.32. The predicted molar refractivity (Wildman–Crippen MR) is 71.5 cm³/mol. The summed E-state index contributed by atoms with van der Waals surface area (Å²) in [4.78, 5) is 14.4. The fraction of sp³-hybridized carbons (Fsp3) is 0.533. The lowest BCUT2D eigenvalue weighted by atomic mass is 9.85. The normalized spacial score (nSPS) is 27.7. The van der Waals surface area contributed by atoms with Gasteiger partial charge in [-0.1, -0.05) is 18.2 Å². The minimum atomic E-state index is 0.194. The Bertz CT molecular complexity index is 418. The summed E-state index contributed by atoms with van der Waals surface area (Å²) < 4.78 is 0. The van der Waals surface area contributed by atoms with Crippen molar-refractivity contribution in [1.82, 2.24) is 10.2 Å². The lowest BCUT2D eigenvalue weighted by Crippen LogP contribution is -2.53. The molecule has 2 atom stereocenters. The average Bonchev–Trinajstić information content (AvgIpc) is 2.47. The highest BCUT2D eigenvalue weighted by Crippen LogP contribution is 2.25. The molecule has 0 saturated carbocycles. The van der Waals surface area contributed by atoms with Gasteiger partial charge in [-0.15, -0.1) is 0 Å². The van der Waals surface area contributed by atoms with Gasteiger partial charge in [-0.2, -0.15) is 0 Å². The Morgan fingerprint density at radius 3 is 2.89 bits per heavy atom. The molecule has 2 aliphatic heterocycles. The fourth-order valence-electron chi connectivity index (χ4n) is 3.19. The molecule has 0 aromatic heterocycles. The Balaban J connectivity index is 1.69. The van der Waals surface area contributed by atoms with Crippen molar-refractivity contribution in [2.75, 3.05) is 19.6 Å². The van der Waals surface area contributed by atoms with Crippen LogP contribution in [0, 0.1) is 5.92 Å². The molecule has 2 heterocycles. The number of nitrogens with one attached hydrogen (secondary N) is 1. The van der Waals surface area contributed by atoms with Gasteiger partial charge in [-0.25, -0.2) is 0 Å². The minimum absolute atomic E-state index is 0.194. The number of fused-ring (bicyclic) bond motifs is 1. The number of rotatable bonds is 1. The molecule has 2 fully saturated rings. The summed E-state index contributed by atoms with van der Waals surface area (Å²) in [7, 11) is 0. The highest BCUT2D eigenvalue weighted by atomic mass is 16.2. The molecule has 1 N–H and O–H groups in total. The summed E-state index contributed by atoms with van der Waals surface area (Å²) in [5.74, 6) is 0.847. The molecule has 0 radical (unpaired) electrons. The van der Waals surface area contributed by atoms with E-state index in [1.807, 2.05) is 35.2 Å². The molecule has 2 aliphatic rings. The Labute approximate surface area is 108 Å². The quantitative estimate of drug-likeness (QED) is 0.818. The van der Waals surface area contributed by atoms with Gasteiger partial charge in [0.25, 0.3) is 5.91 Å². The van der Waals surface area contributed by atoms with Crippen molar-refractivity contribution in [3.05, 3.63) is 35.9 Å². The first-order valence-corrected chi connectivity index (χ1v) is 6.92. The van der Waals surface area contributed by atoms with Crippen LogP contribution in [0.3, 0.4) is 0 Å². The third kappa shape index (κ3) is 2.27. The summed E-state index contributed by atoms with van der Waals surface area (Å²) >= 11 is 0. The second-order valence-corrected chi connectivity index (χ2v) is 5.37. The molecule has 2 saturated heterocycles. The molecule has 1 aromatic carbocycles. The fourth-order valence-corrected chi connectivity index (χ4v) is 3.19. The molecule has 3 heteroatoms. The second-order valence-electron chi connectivity index (χ2n) is 5.37. The lowest BCUT2D eigenvalue weighted by molar-refractivity contribution is 0.0593. The van der Waals surface area contributed by atoms with Gasteiger partial charge in [0, 0.05) is 24.7 Å². The number of nitrogens with zero attached hydrogens (tertiary/aromatic N) is 1. The van der Waals surface area contributed by atoms with Crippen molar-refractivity contribution in [1.29, 1.82) is 0 Å². The van der Waals surface area contributed by atoms with E-state index in [2.05, 4.69) is 5.32 Å². The van der Waals surface area contributed by atoms with Crippen molar-refractivity contribution in [3.63, 3.8) is 0 Å². The molecule has 1 aromatic rings. The van der Waals surface area contributed by atoms with Gasteiger partial charge in [-0.05, 0) is 43.9 Å². The monoisotopic (exact) mass is 244 g/mol. The summed E-state index contributed by atoms with van der Waals surface area (Å²) in [6, 6.07) is 10.3. The van der Waals surface area contributed by atoms with E-state index in [0.29, 0.717) is 12.0 Å². The number of carbonyl (C=O) groups is 1. The zero-order valence-electron chi connectivity index (χ0n) is 10.6. The van der Waals surface area contributed by atoms with Gasteiger partial charge < -0.3 is 10.2 Å². The summed E-state index contributed by atoms with van der Waals surface area (Å²) in [5, 5.41) is 3.58. The van der Waals surface area contributed by atoms with Crippen LogP contribution in [0.25, 0.3) is 0 Å². The Morgan fingerprint density at radius 1 is 1.22 bits per heavy atom. The number of carbonyl (C=O) groups excluding carboxylic acids is 1. The molecule has 3 nitrogen and oxygen atoms in total. The number of piperidine rings is 2. The maximum atomic E-state index is 12.4. The summed E-state index contributed by atoms with van der Waals surface area (Å²) in [5.41, 5.74) is 0.819. The van der Waals surface area contributed by atoms with E-state index in [1.165, 1.54) is 12.8 Å². The average molecular weight is 244 g/mol. The van der Waals surface area contributed by atoms with Crippen molar-refractivity contribution in [2.45, 2.75) is 25.3 Å². The van der Waals surface area contributed by atoms with Gasteiger partial charge >= 0.3 is 0 Å². The molecule has 96 valence electrons. The van der Waals surface area contributed by atoms with E-state index in [4.69, 9.17) is 0 Å². The van der Waals surface area contributed by atoms with Gasteiger partial charge in [-0.3, -0.25) is 4.79 Å². The first-order chi connectivity index (χ1) is 8.84. The van der Waals surface area contributed by atoms with Gasteiger partial charge in [0.05, 0.1) is 0 Å². The Morgan fingerprint density at radius 2 is 2.06 bits per heavy atom. The van der Waals surface area contributed by atoms with Crippen molar-refractivity contribution >= 4 is 5.91 Å². The maximum Gasteiger partial charge on any atom is 0.253 e. The first-order valence-electron chi connectivity index (χ1n) is 6.92. The molecular weight excluding hydrogens is 224 g/mol. The van der Waals surface area contributed by atoms with E-state index in [0.717, 1.165) is 31.6 Å². The molecule has 0 spiro atoms. The standard InChI is InChI=1S/C15H20N2O/c18-15(12-5-2-1-3-6-12)17-10-8-14-13(11-17)7-4-9-16-14/h1-3,5-6,13-14,16H,4,7-11H2/t13-,14+/m0/s1. The van der Waals surface area contributed by atoms with Crippen LogP contribution in [0.4, 0.5) is 0 Å². The maximum absolute atomic E-state index is 12.4. The Kier molecular flexibility index (Phi) is 3.33. The van der Waals surface area contributed by atoms with Crippen LogP contribution in [-0.4, -0.2) is 36.5 Å². The van der Waals surface area contributed by atoms with E-state index in [-0.39, 0.29) is 5.91 Å². The third-order valence-corrected chi connectivity index (χ3v) is 4.20. The highest BCUT2D eigenvalue weighted by molar-refractivity contribution is 5.94. The van der Waals surface area contributed by atoms with Crippen LogP contribution in [0.2, 0.25) is 0 Å². The van der Waals surface area contributed by atoms with Crippen LogP contribution < -0.4 is 5.32 Å². The van der Waals surface area contributed by atoms with Crippen molar-refractivity contribution in [2.24, 2.45) is 5.92 Å². The zero-order valence-corrected chi connectivity index (χ0v) is 10.6. The first kappa shape index (κ1) is 11.7. The van der Waals surface area contributed by atoms with Gasteiger partial charge in [0.2, 0.25) is 0 Å². The van der Waals surface area contributed by atoms with Crippen molar-refractivity contribution in [3.8, 4) is 0 Å². The van der Waals surface area contributed by atoms with Crippen LogP contribution in [0.5, 0.6) is 0 Å². The van der Waals surface area contributed by atoms with Gasteiger partial charge in [0.15, 0.2) is 0 Å². The molecular formula is C15H20N2O. The van der Waals surface area contributed by atoms with E-state index in [1.54, 1.807) is 0 Å². The molecule has 3 rings (SSSR count). The Hall–Kier alpha value is -1.35.